The molecule has 1 aliphatic rings. The molecule has 0 saturated heterocycles. The molecule has 0 aliphatic carbocycles. The van der Waals surface area contributed by atoms with Crippen LogP contribution in [-0.2, 0) is 11.2 Å². The summed E-state index contributed by atoms with van der Waals surface area (Å²) in [5.74, 6) is -0.00493. The normalized spacial score (nSPS) is 13.3. The summed E-state index contributed by atoms with van der Waals surface area (Å²) in [6.07, 6.45) is 2.94. The third-order valence-corrected chi connectivity index (χ3v) is 6.72. The maximum absolute atomic E-state index is 13.6. The molecule has 3 aromatic rings. The second kappa shape index (κ2) is 10.4. The predicted molar refractivity (Wildman–Crippen MR) is 141 cm³/mol. The zero-order chi connectivity index (χ0) is 25.1. The lowest BCUT2D eigenvalue weighted by atomic mass is 10.0. The van der Waals surface area contributed by atoms with E-state index in [1.165, 1.54) is 0 Å². The van der Waals surface area contributed by atoms with E-state index < -0.39 is 0 Å². The van der Waals surface area contributed by atoms with Crippen LogP contribution in [0.5, 0.6) is 0 Å². The Morgan fingerprint density at radius 3 is 2.31 bits per heavy atom. The Hall–Kier alpha value is -3.45. The van der Waals surface area contributed by atoms with Crippen LogP contribution in [-0.4, -0.2) is 60.2 Å². The average molecular weight is 474 g/mol. The molecule has 0 unspecified atom stereocenters. The van der Waals surface area contributed by atoms with Gasteiger partial charge in [0.15, 0.2) is 0 Å². The molecule has 1 aromatic heterocycles. The van der Waals surface area contributed by atoms with Crippen molar-refractivity contribution < 1.29 is 9.59 Å². The van der Waals surface area contributed by atoms with Gasteiger partial charge in [0.25, 0.3) is 5.91 Å². The Kier molecular flexibility index (Phi) is 7.36. The van der Waals surface area contributed by atoms with Crippen LogP contribution in [0, 0.1) is 13.8 Å². The summed E-state index contributed by atoms with van der Waals surface area (Å²) >= 11 is 0. The maximum Gasteiger partial charge on any atom is 0.277 e. The predicted octanol–water partition coefficient (Wildman–Crippen LogP) is 4.39. The summed E-state index contributed by atoms with van der Waals surface area (Å²) in [6.45, 7) is 8.05. The molecule has 0 fully saturated rings. The van der Waals surface area contributed by atoms with Gasteiger partial charge in [0.05, 0.1) is 17.9 Å². The number of benzene rings is 2. The molecule has 184 valence electrons. The second-order valence-electron chi connectivity index (χ2n) is 9.43. The van der Waals surface area contributed by atoms with Crippen LogP contribution < -0.4 is 9.80 Å². The number of rotatable bonds is 8. The number of aryl methyl sites for hydroxylation is 2. The van der Waals surface area contributed by atoms with Gasteiger partial charge in [-0.2, -0.15) is 5.10 Å². The van der Waals surface area contributed by atoms with Crippen LogP contribution in [0.25, 0.3) is 5.69 Å². The van der Waals surface area contributed by atoms with Gasteiger partial charge in [-0.25, -0.2) is 4.68 Å². The van der Waals surface area contributed by atoms with E-state index in [1.54, 1.807) is 21.5 Å². The molecule has 7 heteroatoms. The van der Waals surface area contributed by atoms with E-state index in [0.29, 0.717) is 18.8 Å². The Balaban J connectivity index is 1.52. The van der Waals surface area contributed by atoms with Crippen LogP contribution in [0.4, 0.5) is 11.4 Å². The van der Waals surface area contributed by atoms with E-state index in [0.717, 1.165) is 59.7 Å². The zero-order valence-corrected chi connectivity index (χ0v) is 21.4. The van der Waals surface area contributed by atoms with Gasteiger partial charge >= 0.3 is 0 Å². The van der Waals surface area contributed by atoms with Gasteiger partial charge in [0, 0.05) is 30.5 Å². The molecular formula is C28H35N5O2. The van der Waals surface area contributed by atoms with E-state index >= 15 is 0 Å². The first-order valence-electron chi connectivity index (χ1n) is 12.3. The minimum Gasteiger partial charge on any atom is -0.314 e. The Morgan fingerprint density at radius 1 is 1.00 bits per heavy atom. The van der Waals surface area contributed by atoms with Gasteiger partial charge < -0.3 is 9.80 Å². The van der Waals surface area contributed by atoms with E-state index in [-0.39, 0.29) is 11.8 Å². The maximum atomic E-state index is 13.6. The lowest BCUT2D eigenvalue weighted by Crippen LogP contribution is -2.39. The van der Waals surface area contributed by atoms with Crippen LogP contribution >= 0.6 is 0 Å². The third kappa shape index (κ3) is 5.15. The van der Waals surface area contributed by atoms with Crippen LogP contribution in [0.2, 0.25) is 0 Å². The molecule has 0 bridgehead atoms. The highest BCUT2D eigenvalue weighted by atomic mass is 16.2. The van der Waals surface area contributed by atoms with Crippen molar-refractivity contribution in [3.63, 3.8) is 0 Å². The molecule has 4 rings (SSSR count). The molecule has 0 atom stereocenters. The lowest BCUT2D eigenvalue weighted by molar-refractivity contribution is -0.119. The second-order valence-corrected chi connectivity index (χ2v) is 9.43. The minimum absolute atomic E-state index is 0.0486. The van der Waals surface area contributed by atoms with Crippen molar-refractivity contribution in [2.24, 2.45) is 0 Å². The molecule has 0 radical (unpaired) electrons. The summed E-state index contributed by atoms with van der Waals surface area (Å²) in [5.41, 5.74) is 6.22. The van der Waals surface area contributed by atoms with Crippen molar-refractivity contribution in [3.8, 4) is 5.69 Å². The number of carbonyl (C=O) groups is 2. The molecule has 0 saturated carbocycles. The highest BCUT2D eigenvalue weighted by Gasteiger charge is 2.32. The molecular weight excluding hydrogens is 438 g/mol. The Morgan fingerprint density at radius 2 is 1.66 bits per heavy atom. The fourth-order valence-corrected chi connectivity index (χ4v) is 4.49. The molecule has 2 heterocycles. The van der Waals surface area contributed by atoms with Crippen molar-refractivity contribution in [1.82, 2.24) is 14.7 Å². The monoisotopic (exact) mass is 473 g/mol. The molecule has 7 nitrogen and oxygen atoms in total. The van der Waals surface area contributed by atoms with Crippen LogP contribution in [0.3, 0.4) is 0 Å². The lowest BCUT2D eigenvalue weighted by Gasteiger charge is -2.28. The van der Waals surface area contributed by atoms with Crippen LogP contribution in [0.15, 0.2) is 48.5 Å². The van der Waals surface area contributed by atoms with Crippen molar-refractivity contribution in [2.45, 2.75) is 40.0 Å². The summed E-state index contributed by atoms with van der Waals surface area (Å²) in [6, 6.07) is 15.7. The number of fused-ring (bicyclic) bond motifs is 1. The number of nitrogens with zero attached hydrogens (tertiary/aromatic N) is 5. The van der Waals surface area contributed by atoms with Gasteiger partial charge in [-0.15, -0.1) is 0 Å². The molecule has 0 spiro atoms. The number of likely N-dealkylation sites (N-methyl/N-ethyl adjacent to an activating group) is 2. The third-order valence-electron chi connectivity index (χ3n) is 6.72. The summed E-state index contributed by atoms with van der Waals surface area (Å²) < 4.78 is 1.77. The van der Waals surface area contributed by atoms with Crippen molar-refractivity contribution in [3.05, 3.63) is 71.0 Å². The Bertz CT molecular complexity index is 1200. The first-order valence-corrected chi connectivity index (χ1v) is 12.3. The topological polar surface area (TPSA) is 61.7 Å². The SMILES string of the molecule is CCCCN(C)CC(=O)N(C)c1ccc(N2CCc3c(C)nn(-c4ccc(C)cc4)c3C2=O)cc1. The molecule has 35 heavy (non-hydrogen) atoms. The largest absolute Gasteiger partial charge is 0.314 e. The Labute approximate surface area is 207 Å². The van der Waals surface area contributed by atoms with Crippen molar-refractivity contribution in [2.75, 3.05) is 43.5 Å². The number of anilines is 2. The number of aromatic nitrogens is 2. The average Bonchev–Trinajstić information content (AvgIpc) is 3.20. The summed E-state index contributed by atoms with van der Waals surface area (Å²) in [7, 11) is 3.77. The van der Waals surface area contributed by atoms with Gasteiger partial charge in [-0.3, -0.25) is 14.5 Å². The fraction of sp³-hybridized carbons (Fsp3) is 0.393. The smallest absolute Gasteiger partial charge is 0.277 e. The van der Waals surface area contributed by atoms with Gasteiger partial charge in [0.1, 0.15) is 5.69 Å². The number of amides is 2. The van der Waals surface area contributed by atoms with Gasteiger partial charge in [-0.1, -0.05) is 31.0 Å². The van der Waals surface area contributed by atoms with Crippen LogP contribution in [0.1, 0.15) is 47.1 Å². The standard InChI is InChI=1S/C28H35N5O2/c1-6-7-17-30(4)19-26(34)31(5)22-12-14-23(15-13-22)32-18-16-25-21(3)29-33(27(25)28(32)35)24-10-8-20(2)9-11-24/h8-15H,6-7,16-19H2,1-5H3. The molecule has 0 N–H and O–H groups in total. The van der Waals surface area contributed by atoms with Gasteiger partial charge in [0.2, 0.25) is 5.91 Å². The highest BCUT2D eigenvalue weighted by Crippen LogP contribution is 2.29. The van der Waals surface area contributed by atoms with Gasteiger partial charge in [-0.05, 0) is 76.7 Å². The molecule has 2 aromatic carbocycles. The van der Waals surface area contributed by atoms with E-state index in [4.69, 9.17) is 5.10 Å². The number of hydrogen-bond acceptors (Lipinski definition) is 4. The van der Waals surface area contributed by atoms with E-state index in [1.807, 2.05) is 69.4 Å². The first-order chi connectivity index (χ1) is 16.8. The highest BCUT2D eigenvalue weighted by molar-refractivity contribution is 6.07. The number of unbranched alkanes of at least 4 members (excludes halogenated alkanes) is 1. The molecule has 2 amide bonds. The quantitative estimate of drug-likeness (QED) is 0.487. The van der Waals surface area contributed by atoms with E-state index in [9.17, 15) is 9.59 Å². The first kappa shape index (κ1) is 24.7. The zero-order valence-electron chi connectivity index (χ0n) is 21.4. The minimum atomic E-state index is -0.0536. The number of hydrogen-bond donors (Lipinski definition) is 0. The van der Waals surface area contributed by atoms with Crippen molar-refractivity contribution in [1.29, 1.82) is 0 Å². The summed E-state index contributed by atoms with van der Waals surface area (Å²) in [5, 5.41) is 4.69. The fourth-order valence-electron chi connectivity index (χ4n) is 4.49. The van der Waals surface area contributed by atoms with E-state index in [2.05, 4.69) is 11.8 Å². The van der Waals surface area contributed by atoms with Crippen molar-refractivity contribution >= 4 is 23.2 Å². The molecule has 1 aliphatic heterocycles. The number of carbonyl (C=O) groups excluding carboxylic acids is 2. The summed E-state index contributed by atoms with van der Waals surface area (Å²) in [4.78, 5) is 31.9.